The second-order valence-electron chi connectivity index (χ2n) is 10.9. The van der Waals surface area contributed by atoms with Crippen LogP contribution in [0.25, 0.3) is 0 Å². The Bertz CT molecular complexity index is 1350. The van der Waals surface area contributed by atoms with E-state index in [9.17, 15) is 18.0 Å². The van der Waals surface area contributed by atoms with Crippen LogP contribution in [0.15, 0.2) is 50.0 Å². The first-order valence-electron chi connectivity index (χ1n) is 13.5. The van der Waals surface area contributed by atoms with Gasteiger partial charge in [0, 0.05) is 17.9 Å². The molecule has 0 spiro atoms. The average Bonchev–Trinajstić information content (AvgIpc) is 3.66. The van der Waals surface area contributed by atoms with Crippen LogP contribution in [0.2, 0.25) is 0 Å². The number of carbonyl (C=O) groups is 1. The molecule has 2 aliphatic carbocycles. The Hall–Kier alpha value is -3.30. The molecule has 4 heterocycles. The van der Waals surface area contributed by atoms with Gasteiger partial charge in [-0.25, -0.2) is 9.98 Å². The van der Waals surface area contributed by atoms with Crippen molar-refractivity contribution in [3.63, 3.8) is 0 Å². The molecule has 2 N–H and O–H groups in total. The van der Waals surface area contributed by atoms with Crippen LogP contribution in [0.1, 0.15) is 74.6 Å². The molecule has 0 amide bonds. The molecule has 200 valence electrons. The van der Waals surface area contributed by atoms with Gasteiger partial charge in [-0.2, -0.15) is 13.2 Å². The standard InChI is InChI=1S/C28H31F3N6O/c1-15-35-23-14-33-22-11-10-21(18-12-20(28(29,30)31)27(32)34-13-18)36-24(22)25(23)37(15)19-5-3-2-4-16(8-9-19)26(38)17-6-7-17/h10-12,14,16-17,19,22H,2-9,13H2,1H3,(H2,32,34). The lowest BCUT2D eigenvalue weighted by Crippen LogP contribution is -2.31. The van der Waals surface area contributed by atoms with E-state index in [0.717, 1.165) is 74.7 Å². The third-order valence-electron chi connectivity index (χ3n) is 8.26. The summed E-state index contributed by atoms with van der Waals surface area (Å²) in [5, 5.41) is 0. The molecule has 10 heteroatoms. The zero-order valence-electron chi connectivity index (χ0n) is 21.3. The van der Waals surface area contributed by atoms with Gasteiger partial charge in [-0.05, 0) is 63.2 Å². The Morgan fingerprint density at radius 1 is 1.08 bits per heavy atom. The van der Waals surface area contributed by atoms with E-state index in [2.05, 4.69) is 14.6 Å². The van der Waals surface area contributed by atoms with Crippen molar-refractivity contribution in [2.24, 2.45) is 32.5 Å². The number of alkyl halides is 3. The van der Waals surface area contributed by atoms with Crippen LogP contribution in [0, 0.1) is 18.8 Å². The molecule has 2 fully saturated rings. The fourth-order valence-corrected chi connectivity index (χ4v) is 6.14. The topological polar surface area (TPSA) is 98.0 Å². The Morgan fingerprint density at radius 3 is 2.58 bits per heavy atom. The highest BCUT2D eigenvalue weighted by molar-refractivity contribution is 6.13. The molecule has 5 aliphatic rings. The third kappa shape index (κ3) is 4.58. The van der Waals surface area contributed by atoms with E-state index in [1.54, 1.807) is 12.3 Å². The summed E-state index contributed by atoms with van der Waals surface area (Å²) in [6, 6.07) is -0.156. The summed E-state index contributed by atoms with van der Waals surface area (Å²) in [6.07, 6.45) is 9.67. The highest BCUT2D eigenvalue weighted by Gasteiger charge is 2.39. The zero-order chi connectivity index (χ0) is 26.6. The van der Waals surface area contributed by atoms with Crippen LogP contribution >= 0.6 is 0 Å². The maximum absolute atomic E-state index is 13.5. The first kappa shape index (κ1) is 25.0. The summed E-state index contributed by atoms with van der Waals surface area (Å²) < 4.78 is 42.7. The van der Waals surface area contributed by atoms with Crippen molar-refractivity contribution in [3.8, 4) is 0 Å². The number of amidine groups is 1. The largest absolute Gasteiger partial charge is 0.419 e. The number of nitrogens with zero attached hydrogens (tertiary/aromatic N) is 5. The van der Waals surface area contributed by atoms with Crippen molar-refractivity contribution >= 4 is 23.5 Å². The molecule has 6 rings (SSSR count). The predicted octanol–water partition coefficient (Wildman–Crippen LogP) is 4.96. The Labute approximate surface area is 219 Å². The van der Waals surface area contributed by atoms with Crippen LogP contribution < -0.4 is 5.73 Å². The molecule has 3 atom stereocenters. The van der Waals surface area contributed by atoms with E-state index in [0.29, 0.717) is 22.8 Å². The van der Waals surface area contributed by atoms with Gasteiger partial charge in [0.1, 0.15) is 29.2 Å². The maximum atomic E-state index is 13.5. The first-order chi connectivity index (χ1) is 18.2. The summed E-state index contributed by atoms with van der Waals surface area (Å²) in [5.41, 5.74) is 7.66. The lowest BCUT2D eigenvalue weighted by Gasteiger charge is -2.30. The van der Waals surface area contributed by atoms with Crippen molar-refractivity contribution in [1.82, 2.24) is 9.55 Å². The van der Waals surface area contributed by atoms with E-state index in [1.165, 1.54) is 0 Å². The van der Waals surface area contributed by atoms with Gasteiger partial charge in [0.2, 0.25) is 0 Å². The van der Waals surface area contributed by atoms with Crippen LogP contribution in [-0.2, 0) is 4.79 Å². The molecule has 1 aromatic rings. The van der Waals surface area contributed by atoms with Gasteiger partial charge < -0.3 is 10.3 Å². The highest BCUT2D eigenvalue weighted by atomic mass is 19.4. The number of fused-ring (bicyclic) bond motifs is 3. The number of rotatable bonds is 3. The number of aromatic nitrogens is 2. The van der Waals surface area contributed by atoms with Gasteiger partial charge in [0.25, 0.3) is 0 Å². The van der Waals surface area contributed by atoms with Gasteiger partial charge in [0.15, 0.2) is 0 Å². The number of Topliss-reactive ketones (excluding diaryl/α,β-unsaturated/α-hetero) is 1. The highest BCUT2D eigenvalue weighted by Crippen LogP contribution is 2.39. The number of ketones is 1. The van der Waals surface area contributed by atoms with Crippen molar-refractivity contribution in [2.75, 3.05) is 6.54 Å². The molecule has 3 unspecified atom stereocenters. The summed E-state index contributed by atoms with van der Waals surface area (Å²) in [4.78, 5) is 31.0. The fourth-order valence-electron chi connectivity index (χ4n) is 6.14. The van der Waals surface area contributed by atoms with Gasteiger partial charge >= 0.3 is 6.18 Å². The first-order valence-corrected chi connectivity index (χ1v) is 13.5. The summed E-state index contributed by atoms with van der Waals surface area (Å²) in [7, 11) is 0. The van der Waals surface area contributed by atoms with Crippen LogP contribution in [-0.4, -0.2) is 51.9 Å². The number of halogens is 3. The van der Waals surface area contributed by atoms with E-state index in [1.807, 2.05) is 13.0 Å². The quantitative estimate of drug-likeness (QED) is 0.605. The van der Waals surface area contributed by atoms with Crippen molar-refractivity contribution in [2.45, 2.75) is 76.6 Å². The number of hydrogen-bond acceptors (Lipinski definition) is 6. The molecular formula is C28H31F3N6O. The fraction of sp³-hybridized carbons (Fsp3) is 0.536. The minimum absolute atomic E-state index is 0.0278. The number of hydrogen-bond donors (Lipinski definition) is 1. The lowest BCUT2D eigenvalue weighted by atomic mass is 9.84. The Balaban J connectivity index is 1.36. The minimum Gasteiger partial charge on any atom is -0.383 e. The number of imidazole rings is 1. The Kier molecular flexibility index (Phi) is 6.23. The number of aryl methyl sites for hydroxylation is 1. The molecular weight excluding hydrogens is 493 g/mol. The van der Waals surface area contributed by atoms with E-state index in [-0.39, 0.29) is 30.5 Å². The number of dihydropyridines is 2. The van der Waals surface area contributed by atoms with E-state index < -0.39 is 17.6 Å². The summed E-state index contributed by atoms with van der Waals surface area (Å²) in [6.45, 7) is 2.00. The molecule has 0 saturated heterocycles. The predicted molar refractivity (Wildman–Crippen MR) is 140 cm³/mol. The normalized spacial score (nSPS) is 29.5. The number of carbonyl (C=O) groups excluding carboxylic acids is 1. The third-order valence-corrected chi connectivity index (χ3v) is 8.26. The van der Waals surface area contributed by atoms with Gasteiger partial charge in [-0.15, -0.1) is 0 Å². The minimum atomic E-state index is -4.59. The van der Waals surface area contributed by atoms with Crippen molar-refractivity contribution in [3.05, 3.63) is 52.3 Å². The second-order valence-corrected chi connectivity index (χ2v) is 10.9. The molecule has 7 nitrogen and oxygen atoms in total. The molecule has 0 aromatic carbocycles. The molecule has 38 heavy (non-hydrogen) atoms. The van der Waals surface area contributed by atoms with Gasteiger partial charge in [-0.3, -0.25) is 14.8 Å². The van der Waals surface area contributed by atoms with Crippen LogP contribution in [0.5, 0.6) is 0 Å². The molecule has 1 aromatic heterocycles. The van der Waals surface area contributed by atoms with Crippen molar-refractivity contribution in [1.29, 1.82) is 0 Å². The van der Waals surface area contributed by atoms with E-state index in [4.69, 9.17) is 15.7 Å². The number of aliphatic imine (C=N–C) groups is 3. The number of allylic oxidation sites excluding steroid dienone is 1. The molecule has 3 aliphatic heterocycles. The van der Waals surface area contributed by atoms with E-state index >= 15 is 0 Å². The summed E-state index contributed by atoms with van der Waals surface area (Å²) in [5.74, 6) is 1.22. The van der Waals surface area contributed by atoms with Gasteiger partial charge in [0.05, 0.1) is 35.4 Å². The monoisotopic (exact) mass is 524 g/mol. The van der Waals surface area contributed by atoms with Crippen LogP contribution in [0.4, 0.5) is 13.2 Å². The van der Waals surface area contributed by atoms with Crippen molar-refractivity contribution < 1.29 is 18.0 Å². The average molecular weight is 525 g/mol. The summed E-state index contributed by atoms with van der Waals surface area (Å²) >= 11 is 0. The maximum Gasteiger partial charge on any atom is 0.419 e. The Morgan fingerprint density at radius 2 is 1.82 bits per heavy atom. The molecule has 0 bridgehead atoms. The smallest absolute Gasteiger partial charge is 0.383 e. The SMILES string of the molecule is Cc1nc2c(n1C1CCCCC(C(=O)C3CC3)CC1)C1=NC(=C3C=C(C(F)(F)F)C(N)=NC3)C=CC1N=C2. The lowest BCUT2D eigenvalue weighted by molar-refractivity contribution is -0.124. The van der Waals surface area contributed by atoms with Gasteiger partial charge in [-0.1, -0.05) is 18.9 Å². The molecule has 0 radical (unpaired) electrons. The second kappa shape index (κ2) is 9.47. The number of nitrogens with two attached hydrogens (primary N) is 1. The zero-order valence-corrected chi connectivity index (χ0v) is 21.3. The molecule has 2 saturated carbocycles. The van der Waals surface area contributed by atoms with Crippen LogP contribution in [0.3, 0.4) is 0 Å².